The third-order valence-corrected chi connectivity index (χ3v) is 4.03. The lowest BCUT2D eigenvalue weighted by Crippen LogP contribution is -2.30. The standard InChI is InChI=1S/C21H22N2O6/c1-13(21(25)23-16-7-5-14(12-22)6-8-16)29-19(24)11-15-9-17(26-2)20(28-4)18(10-15)27-3/h5-10,13H,11H2,1-4H3,(H,23,25)/t13-/m1/s1. The number of nitriles is 1. The molecule has 2 rings (SSSR count). The molecule has 2 aromatic rings. The molecular formula is C21H22N2O6. The second-order valence-electron chi connectivity index (χ2n) is 6.02. The summed E-state index contributed by atoms with van der Waals surface area (Å²) in [5, 5.41) is 11.4. The maximum absolute atomic E-state index is 12.3. The van der Waals surface area contributed by atoms with E-state index < -0.39 is 18.0 Å². The maximum atomic E-state index is 12.3. The van der Waals surface area contributed by atoms with Gasteiger partial charge in [-0.2, -0.15) is 5.26 Å². The molecule has 2 aromatic carbocycles. The number of methoxy groups -OCH3 is 3. The molecule has 0 fully saturated rings. The molecule has 152 valence electrons. The van der Waals surface area contributed by atoms with Crippen LogP contribution in [0.2, 0.25) is 0 Å². The van der Waals surface area contributed by atoms with E-state index in [1.54, 1.807) is 36.4 Å². The molecule has 0 aromatic heterocycles. The number of nitrogens with zero attached hydrogens (tertiary/aromatic N) is 1. The Balaban J connectivity index is 2.00. The molecule has 0 aliphatic rings. The number of ether oxygens (including phenoxy) is 4. The number of nitrogens with one attached hydrogen (secondary N) is 1. The van der Waals surface area contributed by atoms with Crippen molar-refractivity contribution in [2.24, 2.45) is 0 Å². The van der Waals surface area contributed by atoms with Crippen molar-refractivity contribution in [3.63, 3.8) is 0 Å². The number of benzene rings is 2. The van der Waals surface area contributed by atoms with Crippen LogP contribution in [0.4, 0.5) is 5.69 Å². The highest BCUT2D eigenvalue weighted by molar-refractivity contribution is 5.95. The van der Waals surface area contributed by atoms with Crippen molar-refractivity contribution in [2.45, 2.75) is 19.4 Å². The largest absolute Gasteiger partial charge is 0.493 e. The number of carbonyl (C=O) groups excluding carboxylic acids is 2. The SMILES string of the molecule is COc1cc(CC(=O)O[C@H](C)C(=O)Nc2ccc(C#N)cc2)cc(OC)c1OC. The van der Waals surface area contributed by atoms with Crippen LogP contribution in [0.15, 0.2) is 36.4 Å². The Hall–Kier alpha value is -3.73. The Kier molecular flexibility index (Phi) is 7.43. The molecule has 0 radical (unpaired) electrons. The Bertz CT molecular complexity index is 893. The smallest absolute Gasteiger partial charge is 0.311 e. The van der Waals surface area contributed by atoms with Crippen LogP contribution in [0.5, 0.6) is 17.2 Å². The van der Waals surface area contributed by atoms with Crippen molar-refractivity contribution in [3.05, 3.63) is 47.5 Å². The van der Waals surface area contributed by atoms with E-state index in [1.807, 2.05) is 6.07 Å². The van der Waals surface area contributed by atoms with E-state index in [1.165, 1.54) is 28.3 Å². The monoisotopic (exact) mass is 398 g/mol. The summed E-state index contributed by atoms with van der Waals surface area (Å²) in [6.07, 6.45) is -1.08. The van der Waals surface area contributed by atoms with Crippen LogP contribution in [-0.2, 0) is 20.7 Å². The molecule has 8 heteroatoms. The molecule has 8 nitrogen and oxygen atoms in total. The van der Waals surface area contributed by atoms with Gasteiger partial charge in [-0.25, -0.2) is 0 Å². The second-order valence-corrected chi connectivity index (χ2v) is 6.02. The topological polar surface area (TPSA) is 107 Å². The zero-order valence-corrected chi connectivity index (χ0v) is 16.6. The molecule has 1 atom stereocenters. The Labute approximate surface area is 168 Å². The fraction of sp³-hybridized carbons (Fsp3) is 0.286. The van der Waals surface area contributed by atoms with E-state index >= 15 is 0 Å². The Morgan fingerprint density at radius 1 is 1.03 bits per heavy atom. The summed E-state index contributed by atoms with van der Waals surface area (Å²) < 4.78 is 21.0. The Morgan fingerprint density at radius 3 is 2.10 bits per heavy atom. The molecule has 0 heterocycles. The van der Waals surface area contributed by atoms with E-state index in [9.17, 15) is 9.59 Å². The van der Waals surface area contributed by atoms with Crippen molar-refractivity contribution < 1.29 is 28.5 Å². The molecule has 0 saturated carbocycles. The van der Waals surface area contributed by atoms with Gasteiger partial charge in [-0.1, -0.05) is 0 Å². The third kappa shape index (κ3) is 5.62. The van der Waals surface area contributed by atoms with Crippen LogP contribution in [0, 0.1) is 11.3 Å². The van der Waals surface area contributed by atoms with Crippen LogP contribution in [-0.4, -0.2) is 39.3 Å². The lowest BCUT2D eigenvalue weighted by molar-refractivity contribution is -0.152. The molecule has 0 aliphatic carbocycles. The first-order valence-corrected chi connectivity index (χ1v) is 8.71. The minimum Gasteiger partial charge on any atom is -0.493 e. The summed E-state index contributed by atoms with van der Waals surface area (Å²) in [6.45, 7) is 1.48. The summed E-state index contributed by atoms with van der Waals surface area (Å²) in [7, 11) is 4.45. The molecule has 0 saturated heterocycles. The van der Waals surface area contributed by atoms with Crippen LogP contribution >= 0.6 is 0 Å². The number of hydrogen-bond donors (Lipinski definition) is 1. The molecule has 1 N–H and O–H groups in total. The van der Waals surface area contributed by atoms with E-state index in [4.69, 9.17) is 24.2 Å². The fourth-order valence-corrected chi connectivity index (χ4v) is 2.57. The van der Waals surface area contributed by atoms with Crippen molar-refractivity contribution in [1.82, 2.24) is 0 Å². The average Bonchev–Trinajstić information content (AvgIpc) is 2.73. The van der Waals surface area contributed by atoms with E-state index in [0.717, 1.165) is 0 Å². The van der Waals surface area contributed by atoms with Gasteiger partial charge in [0.25, 0.3) is 5.91 Å². The van der Waals surface area contributed by atoms with Crippen molar-refractivity contribution in [1.29, 1.82) is 5.26 Å². The zero-order chi connectivity index (χ0) is 21.4. The van der Waals surface area contributed by atoms with Crippen LogP contribution in [0.25, 0.3) is 0 Å². The molecular weight excluding hydrogens is 376 g/mol. The summed E-state index contributed by atoms with van der Waals surface area (Å²) in [5.74, 6) is 0.194. The summed E-state index contributed by atoms with van der Waals surface area (Å²) >= 11 is 0. The molecule has 29 heavy (non-hydrogen) atoms. The number of hydrogen-bond acceptors (Lipinski definition) is 7. The molecule has 0 spiro atoms. The highest BCUT2D eigenvalue weighted by Gasteiger charge is 2.20. The van der Waals surface area contributed by atoms with Gasteiger partial charge in [0.2, 0.25) is 5.75 Å². The molecule has 1 amide bonds. The quantitative estimate of drug-likeness (QED) is 0.681. The second kappa shape index (κ2) is 9.99. The maximum Gasteiger partial charge on any atom is 0.311 e. The lowest BCUT2D eigenvalue weighted by Gasteiger charge is -2.15. The number of amides is 1. The lowest BCUT2D eigenvalue weighted by atomic mass is 10.1. The zero-order valence-electron chi connectivity index (χ0n) is 16.6. The number of anilines is 1. The van der Waals surface area contributed by atoms with Gasteiger partial charge >= 0.3 is 5.97 Å². The molecule has 0 aliphatic heterocycles. The van der Waals surface area contributed by atoms with Gasteiger partial charge < -0.3 is 24.3 Å². The van der Waals surface area contributed by atoms with Crippen LogP contribution < -0.4 is 19.5 Å². The van der Waals surface area contributed by atoms with Gasteiger partial charge in [-0.05, 0) is 48.9 Å². The highest BCUT2D eigenvalue weighted by atomic mass is 16.5. The molecule has 0 bridgehead atoms. The van der Waals surface area contributed by atoms with Gasteiger partial charge in [0.1, 0.15) is 0 Å². The average molecular weight is 398 g/mol. The number of rotatable bonds is 8. The predicted molar refractivity (Wildman–Crippen MR) is 105 cm³/mol. The fourth-order valence-electron chi connectivity index (χ4n) is 2.57. The highest BCUT2D eigenvalue weighted by Crippen LogP contribution is 2.38. The van der Waals surface area contributed by atoms with Gasteiger partial charge in [-0.3, -0.25) is 9.59 Å². The van der Waals surface area contributed by atoms with Crippen molar-refractivity contribution in [2.75, 3.05) is 26.6 Å². The summed E-state index contributed by atoms with van der Waals surface area (Å²) in [5.41, 5.74) is 1.57. The van der Waals surface area contributed by atoms with Gasteiger partial charge in [0, 0.05) is 5.69 Å². The Morgan fingerprint density at radius 2 is 1.62 bits per heavy atom. The van der Waals surface area contributed by atoms with E-state index in [-0.39, 0.29) is 6.42 Å². The third-order valence-electron chi connectivity index (χ3n) is 4.03. The van der Waals surface area contributed by atoms with E-state index in [2.05, 4.69) is 5.32 Å². The van der Waals surface area contributed by atoms with Crippen molar-refractivity contribution in [3.8, 4) is 23.3 Å². The van der Waals surface area contributed by atoms with Crippen LogP contribution in [0.3, 0.4) is 0 Å². The minimum atomic E-state index is -1.000. The van der Waals surface area contributed by atoms with Crippen LogP contribution in [0.1, 0.15) is 18.1 Å². The van der Waals surface area contributed by atoms with Crippen molar-refractivity contribution >= 4 is 17.6 Å². The first kappa shape index (κ1) is 21.6. The normalized spacial score (nSPS) is 11.0. The first-order chi connectivity index (χ1) is 13.9. The number of carbonyl (C=O) groups is 2. The number of esters is 1. The summed E-state index contributed by atoms with van der Waals surface area (Å²) in [6, 6.07) is 11.6. The van der Waals surface area contributed by atoms with Gasteiger partial charge in [-0.15, -0.1) is 0 Å². The van der Waals surface area contributed by atoms with Gasteiger partial charge in [0.15, 0.2) is 17.6 Å². The molecule has 0 unspecified atom stereocenters. The van der Waals surface area contributed by atoms with Gasteiger partial charge in [0.05, 0.1) is 39.4 Å². The van der Waals surface area contributed by atoms with E-state index in [0.29, 0.717) is 34.1 Å². The minimum absolute atomic E-state index is 0.0782. The predicted octanol–water partition coefficient (Wildman–Crippen LogP) is 2.70. The first-order valence-electron chi connectivity index (χ1n) is 8.71. The summed E-state index contributed by atoms with van der Waals surface area (Å²) in [4.78, 5) is 24.5.